The summed E-state index contributed by atoms with van der Waals surface area (Å²) in [6.45, 7) is 3.58. The normalized spacial score (nSPS) is 30.4. The minimum atomic E-state index is -0.252. The van der Waals surface area contributed by atoms with Gasteiger partial charge in [-0.1, -0.05) is 6.08 Å². The number of hydrogen-bond acceptors (Lipinski definition) is 3. The quantitative estimate of drug-likeness (QED) is 0.383. The fourth-order valence-corrected chi connectivity index (χ4v) is 1.49. The van der Waals surface area contributed by atoms with Crippen LogP contribution in [0.25, 0.3) is 0 Å². The Labute approximate surface area is 83.4 Å². The van der Waals surface area contributed by atoms with Gasteiger partial charge in [0.25, 0.3) is 0 Å². The van der Waals surface area contributed by atoms with Gasteiger partial charge in [0.2, 0.25) is 0 Å². The van der Waals surface area contributed by atoms with E-state index in [2.05, 4.69) is 0 Å². The molecule has 0 saturated carbocycles. The SMILES string of the molecule is CC=C(C)C(=O)OC1=CC2OC2CC1. The summed E-state index contributed by atoms with van der Waals surface area (Å²) in [6.07, 6.45) is 6.04. The number of carbonyl (C=O) groups is 1. The zero-order chi connectivity index (χ0) is 10.1. The van der Waals surface area contributed by atoms with E-state index in [1.165, 1.54) is 0 Å². The third-order valence-electron chi connectivity index (χ3n) is 2.63. The van der Waals surface area contributed by atoms with Gasteiger partial charge in [-0.15, -0.1) is 0 Å². The molecule has 0 aromatic heterocycles. The van der Waals surface area contributed by atoms with E-state index >= 15 is 0 Å². The van der Waals surface area contributed by atoms with Crippen LogP contribution in [0.3, 0.4) is 0 Å². The molecule has 3 nitrogen and oxygen atoms in total. The van der Waals surface area contributed by atoms with Crippen LogP contribution >= 0.6 is 0 Å². The molecule has 14 heavy (non-hydrogen) atoms. The van der Waals surface area contributed by atoms with Crippen LogP contribution in [-0.4, -0.2) is 18.2 Å². The van der Waals surface area contributed by atoms with Crippen LogP contribution in [0, 0.1) is 0 Å². The molecule has 2 rings (SSSR count). The van der Waals surface area contributed by atoms with Gasteiger partial charge in [0.05, 0.1) is 6.10 Å². The number of allylic oxidation sites excluding steroid dienone is 2. The lowest BCUT2D eigenvalue weighted by atomic mass is 10.1. The van der Waals surface area contributed by atoms with Gasteiger partial charge in [-0.2, -0.15) is 0 Å². The van der Waals surface area contributed by atoms with Crippen molar-refractivity contribution in [2.75, 3.05) is 0 Å². The van der Waals surface area contributed by atoms with Crippen LogP contribution < -0.4 is 0 Å². The maximum absolute atomic E-state index is 11.4. The molecule has 76 valence electrons. The summed E-state index contributed by atoms with van der Waals surface area (Å²) in [4.78, 5) is 11.4. The van der Waals surface area contributed by atoms with E-state index in [1.54, 1.807) is 13.0 Å². The van der Waals surface area contributed by atoms with E-state index in [4.69, 9.17) is 9.47 Å². The Morgan fingerprint density at radius 1 is 1.71 bits per heavy atom. The first-order valence-corrected chi connectivity index (χ1v) is 4.92. The molecule has 2 unspecified atom stereocenters. The highest BCUT2D eigenvalue weighted by Crippen LogP contribution is 2.35. The molecule has 0 bridgehead atoms. The minimum Gasteiger partial charge on any atom is -0.428 e. The van der Waals surface area contributed by atoms with Gasteiger partial charge < -0.3 is 9.47 Å². The monoisotopic (exact) mass is 194 g/mol. The second-order valence-electron chi connectivity index (χ2n) is 3.67. The number of hydrogen-bond donors (Lipinski definition) is 0. The summed E-state index contributed by atoms with van der Waals surface area (Å²) in [7, 11) is 0. The van der Waals surface area contributed by atoms with Gasteiger partial charge in [-0.3, -0.25) is 0 Å². The standard InChI is InChI=1S/C11H14O3/c1-3-7(2)11(12)13-8-4-5-9-10(6-8)14-9/h3,6,9-10H,4-5H2,1-2H3. The van der Waals surface area contributed by atoms with Gasteiger partial charge in [-0.05, 0) is 26.3 Å². The Morgan fingerprint density at radius 2 is 2.50 bits per heavy atom. The predicted octanol–water partition coefficient (Wildman–Crippen LogP) is 1.94. The number of ether oxygens (including phenoxy) is 2. The van der Waals surface area contributed by atoms with Gasteiger partial charge in [-0.25, -0.2) is 4.79 Å². The molecule has 1 heterocycles. The number of rotatable bonds is 2. The fraction of sp³-hybridized carbons (Fsp3) is 0.545. The zero-order valence-corrected chi connectivity index (χ0v) is 8.45. The average Bonchev–Trinajstić information content (AvgIpc) is 2.94. The smallest absolute Gasteiger partial charge is 0.338 e. The maximum atomic E-state index is 11.4. The molecular formula is C11H14O3. The number of epoxide rings is 1. The Morgan fingerprint density at radius 3 is 3.14 bits per heavy atom. The van der Waals surface area contributed by atoms with Crippen molar-refractivity contribution in [2.24, 2.45) is 0 Å². The van der Waals surface area contributed by atoms with Crippen molar-refractivity contribution in [1.82, 2.24) is 0 Å². The van der Waals surface area contributed by atoms with E-state index in [-0.39, 0.29) is 12.1 Å². The van der Waals surface area contributed by atoms with Crippen LogP contribution in [0.2, 0.25) is 0 Å². The highest BCUT2D eigenvalue weighted by Gasteiger charge is 2.40. The minimum absolute atomic E-state index is 0.206. The van der Waals surface area contributed by atoms with Crippen LogP contribution in [0.4, 0.5) is 0 Å². The fourth-order valence-electron chi connectivity index (χ4n) is 1.49. The van der Waals surface area contributed by atoms with Crippen molar-refractivity contribution < 1.29 is 14.3 Å². The summed E-state index contributed by atoms with van der Waals surface area (Å²) in [5, 5.41) is 0. The molecular weight excluding hydrogens is 180 g/mol. The number of carbonyl (C=O) groups excluding carboxylic acids is 1. The molecule has 0 aromatic carbocycles. The number of fused-ring (bicyclic) bond motifs is 1. The molecule has 0 radical (unpaired) electrons. The van der Waals surface area contributed by atoms with E-state index in [9.17, 15) is 4.79 Å². The topological polar surface area (TPSA) is 38.8 Å². The summed E-state index contributed by atoms with van der Waals surface area (Å²) in [6, 6.07) is 0. The molecule has 0 N–H and O–H groups in total. The molecule has 1 aliphatic carbocycles. The summed E-state index contributed by atoms with van der Waals surface area (Å²) >= 11 is 0. The molecule has 2 atom stereocenters. The van der Waals surface area contributed by atoms with Crippen molar-refractivity contribution in [3.8, 4) is 0 Å². The zero-order valence-electron chi connectivity index (χ0n) is 8.45. The lowest BCUT2D eigenvalue weighted by Gasteiger charge is -2.10. The average molecular weight is 194 g/mol. The molecule has 0 amide bonds. The lowest BCUT2D eigenvalue weighted by molar-refractivity contribution is -0.135. The predicted molar refractivity (Wildman–Crippen MR) is 51.5 cm³/mol. The largest absolute Gasteiger partial charge is 0.428 e. The van der Waals surface area contributed by atoms with Crippen molar-refractivity contribution in [3.05, 3.63) is 23.5 Å². The van der Waals surface area contributed by atoms with Crippen LogP contribution in [0.15, 0.2) is 23.5 Å². The van der Waals surface area contributed by atoms with Crippen molar-refractivity contribution >= 4 is 5.97 Å². The van der Waals surface area contributed by atoms with Crippen LogP contribution in [0.1, 0.15) is 26.7 Å². The van der Waals surface area contributed by atoms with Crippen molar-refractivity contribution in [3.63, 3.8) is 0 Å². The highest BCUT2D eigenvalue weighted by molar-refractivity contribution is 5.88. The highest BCUT2D eigenvalue weighted by atomic mass is 16.6. The van der Waals surface area contributed by atoms with E-state index in [1.807, 2.05) is 13.0 Å². The molecule has 1 fully saturated rings. The molecule has 1 aliphatic heterocycles. The molecule has 0 aromatic rings. The van der Waals surface area contributed by atoms with Crippen LogP contribution in [-0.2, 0) is 14.3 Å². The van der Waals surface area contributed by atoms with Gasteiger partial charge in [0.15, 0.2) is 0 Å². The summed E-state index contributed by atoms with van der Waals surface area (Å²) in [5.41, 5.74) is 0.643. The Hall–Kier alpha value is -1.09. The molecule has 3 heteroatoms. The van der Waals surface area contributed by atoms with Gasteiger partial charge in [0, 0.05) is 12.0 Å². The van der Waals surface area contributed by atoms with Gasteiger partial charge in [0.1, 0.15) is 11.9 Å². The summed E-state index contributed by atoms with van der Waals surface area (Å²) < 4.78 is 10.5. The Balaban J connectivity index is 1.94. The third-order valence-corrected chi connectivity index (χ3v) is 2.63. The second-order valence-corrected chi connectivity index (χ2v) is 3.67. The first-order valence-electron chi connectivity index (χ1n) is 4.92. The Kier molecular flexibility index (Phi) is 2.42. The molecule has 1 saturated heterocycles. The van der Waals surface area contributed by atoms with Crippen LogP contribution in [0.5, 0.6) is 0 Å². The number of esters is 1. The van der Waals surface area contributed by atoms with Gasteiger partial charge >= 0.3 is 5.97 Å². The second kappa shape index (κ2) is 3.58. The van der Waals surface area contributed by atoms with Crippen molar-refractivity contribution in [2.45, 2.75) is 38.9 Å². The Bertz CT molecular complexity index is 314. The molecule has 2 aliphatic rings. The lowest BCUT2D eigenvalue weighted by Crippen LogP contribution is -2.10. The van der Waals surface area contributed by atoms with Crippen molar-refractivity contribution in [1.29, 1.82) is 0 Å². The summed E-state index contributed by atoms with van der Waals surface area (Å²) in [5.74, 6) is 0.507. The van der Waals surface area contributed by atoms with E-state index in [0.29, 0.717) is 11.7 Å². The third kappa shape index (κ3) is 1.87. The van der Waals surface area contributed by atoms with E-state index in [0.717, 1.165) is 18.6 Å². The maximum Gasteiger partial charge on any atom is 0.338 e. The first kappa shape index (κ1) is 9.46. The first-order chi connectivity index (χ1) is 6.70. The molecule has 0 spiro atoms. The van der Waals surface area contributed by atoms with E-state index < -0.39 is 0 Å².